The van der Waals surface area contributed by atoms with Crippen molar-refractivity contribution in [2.45, 2.75) is 24.5 Å². The van der Waals surface area contributed by atoms with E-state index in [1.165, 1.54) is 11.3 Å². The summed E-state index contributed by atoms with van der Waals surface area (Å²) < 4.78 is 26.5. The Bertz CT molecular complexity index is 412. The molecule has 1 aromatic heterocycles. The van der Waals surface area contributed by atoms with Crippen molar-refractivity contribution in [2.24, 2.45) is 0 Å². The highest BCUT2D eigenvalue weighted by atomic mass is 32.2. The molecule has 0 aliphatic heterocycles. The molecule has 0 saturated carbocycles. The van der Waals surface area contributed by atoms with Gasteiger partial charge in [-0.05, 0) is 38.6 Å². The predicted molar refractivity (Wildman–Crippen MR) is 67.4 cm³/mol. The molecule has 0 aliphatic rings. The minimum absolute atomic E-state index is 0.397. The summed E-state index contributed by atoms with van der Waals surface area (Å²) in [4.78, 5) is 1.01. The first kappa shape index (κ1) is 13.6. The van der Waals surface area contributed by atoms with Crippen LogP contribution in [0.1, 0.15) is 18.2 Å². The summed E-state index contributed by atoms with van der Waals surface area (Å²) in [5.74, 6) is 0. The van der Waals surface area contributed by atoms with Crippen LogP contribution in [0.2, 0.25) is 0 Å². The SMILES string of the molecule is CCNCCCNS(=O)(=O)c1ccc(C)s1. The van der Waals surface area contributed by atoms with E-state index in [1.807, 2.05) is 19.9 Å². The van der Waals surface area contributed by atoms with Gasteiger partial charge >= 0.3 is 0 Å². The van der Waals surface area contributed by atoms with E-state index in [2.05, 4.69) is 10.0 Å². The second-order valence-corrected chi connectivity index (χ2v) is 6.75. The number of hydrogen-bond acceptors (Lipinski definition) is 4. The van der Waals surface area contributed by atoms with E-state index >= 15 is 0 Å². The molecule has 0 aliphatic carbocycles. The number of rotatable bonds is 7. The Hall–Kier alpha value is -0.430. The quantitative estimate of drug-likeness (QED) is 0.729. The molecule has 0 spiro atoms. The van der Waals surface area contributed by atoms with E-state index in [9.17, 15) is 8.42 Å². The van der Waals surface area contributed by atoms with Crippen molar-refractivity contribution >= 4 is 21.4 Å². The summed E-state index contributed by atoms with van der Waals surface area (Å²) >= 11 is 1.30. The van der Waals surface area contributed by atoms with E-state index in [4.69, 9.17) is 0 Å². The van der Waals surface area contributed by atoms with Gasteiger partial charge in [-0.25, -0.2) is 13.1 Å². The van der Waals surface area contributed by atoms with Gasteiger partial charge in [-0.1, -0.05) is 6.92 Å². The van der Waals surface area contributed by atoms with Gasteiger partial charge in [0.25, 0.3) is 0 Å². The monoisotopic (exact) mass is 262 g/mol. The Balaban J connectivity index is 2.41. The first-order valence-corrected chi connectivity index (χ1v) is 7.63. The number of nitrogens with one attached hydrogen (secondary N) is 2. The highest BCUT2D eigenvalue weighted by molar-refractivity contribution is 7.91. The standard InChI is InChI=1S/C10H18N2O2S2/c1-3-11-7-4-8-12-16(13,14)10-6-5-9(2)15-10/h5-6,11-12H,3-4,7-8H2,1-2H3. The molecule has 0 atom stereocenters. The van der Waals surface area contributed by atoms with Crippen molar-refractivity contribution in [3.63, 3.8) is 0 Å². The van der Waals surface area contributed by atoms with Gasteiger partial charge in [0, 0.05) is 11.4 Å². The molecule has 0 fully saturated rings. The zero-order chi connectivity index (χ0) is 12.0. The molecule has 0 amide bonds. The number of thiophene rings is 1. The number of hydrogen-bond donors (Lipinski definition) is 2. The van der Waals surface area contributed by atoms with Crippen LogP contribution in [0.4, 0.5) is 0 Å². The third-order valence-corrected chi connectivity index (χ3v) is 5.01. The van der Waals surface area contributed by atoms with Gasteiger partial charge in [0.1, 0.15) is 4.21 Å². The minimum Gasteiger partial charge on any atom is -0.317 e. The molecule has 0 saturated heterocycles. The van der Waals surface area contributed by atoms with E-state index in [0.717, 1.165) is 24.4 Å². The molecule has 0 bridgehead atoms. The van der Waals surface area contributed by atoms with Gasteiger partial charge in [0.05, 0.1) is 0 Å². The molecule has 1 heterocycles. The third kappa shape index (κ3) is 4.21. The Kier molecular flexibility index (Phi) is 5.40. The molecule has 0 unspecified atom stereocenters. The lowest BCUT2D eigenvalue weighted by Crippen LogP contribution is -2.26. The molecule has 92 valence electrons. The van der Waals surface area contributed by atoms with E-state index in [0.29, 0.717) is 10.8 Å². The fraction of sp³-hybridized carbons (Fsp3) is 0.600. The van der Waals surface area contributed by atoms with Crippen molar-refractivity contribution in [1.29, 1.82) is 0 Å². The van der Waals surface area contributed by atoms with Crippen molar-refractivity contribution < 1.29 is 8.42 Å². The van der Waals surface area contributed by atoms with Gasteiger partial charge in [0.2, 0.25) is 10.0 Å². The molecule has 6 heteroatoms. The highest BCUT2D eigenvalue weighted by Gasteiger charge is 2.14. The zero-order valence-electron chi connectivity index (χ0n) is 9.62. The van der Waals surface area contributed by atoms with Gasteiger partial charge < -0.3 is 5.32 Å². The average Bonchev–Trinajstić information content (AvgIpc) is 2.65. The first-order chi connectivity index (χ1) is 7.56. The second-order valence-electron chi connectivity index (χ2n) is 3.47. The molecule has 0 radical (unpaired) electrons. The Morgan fingerprint density at radius 2 is 2.06 bits per heavy atom. The van der Waals surface area contributed by atoms with Crippen LogP contribution < -0.4 is 10.0 Å². The topological polar surface area (TPSA) is 58.2 Å². The summed E-state index contributed by atoms with van der Waals surface area (Å²) in [6.07, 6.45) is 0.803. The lowest BCUT2D eigenvalue weighted by atomic mass is 10.4. The van der Waals surface area contributed by atoms with E-state index < -0.39 is 10.0 Å². The number of aryl methyl sites for hydroxylation is 1. The van der Waals surface area contributed by atoms with Crippen LogP contribution in [0.25, 0.3) is 0 Å². The van der Waals surface area contributed by atoms with Gasteiger partial charge in [0.15, 0.2) is 0 Å². The summed E-state index contributed by atoms with van der Waals surface area (Å²) in [5, 5.41) is 3.15. The Morgan fingerprint density at radius 3 is 2.62 bits per heavy atom. The summed E-state index contributed by atoms with van der Waals surface area (Å²) in [6, 6.07) is 3.46. The lowest BCUT2D eigenvalue weighted by Gasteiger charge is -2.04. The molecule has 1 rings (SSSR count). The summed E-state index contributed by atoms with van der Waals surface area (Å²) in [6.45, 7) is 6.15. The number of sulfonamides is 1. The van der Waals surface area contributed by atoms with E-state index in [1.54, 1.807) is 6.07 Å². The van der Waals surface area contributed by atoms with Crippen LogP contribution in [0.3, 0.4) is 0 Å². The maximum absolute atomic E-state index is 11.8. The second kappa shape index (κ2) is 6.34. The smallest absolute Gasteiger partial charge is 0.250 e. The average molecular weight is 262 g/mol. The maximum Gasteiger partial charge on any atom is 0.250 e. The van der Waals surface area contributed by atoms with Gasteiger partial charge in [-0.2, -0.15) is 0 Å². The molecule has 1 aromatic rings. The van der Waals surface area contributed by atoms with E-state index in [-0.39, 0.29) is 0 Å². The van der Waals surface area contributed by atoms with Gasteiger partial charge in [-0.3, -0.25) is 0 Å². The van der Waals surface area contributed by atoms with Crippen molar-refractivity contribution in [1.82, 2.24) is 10.0 Å². The van der Waals surface area contributed by atoms with Gasteiger partial charge in [-0.15, -0.1) is 11.3 Å². The minimum atomic E-state index is -3.29. The van der Waals surface area contributed by atoms with Crippen molar-refractivity contribution in [2.75, 3.05) is 19.6 Å². The molecule has 0 aromatic carbocycles. The van der Waals surface area contributed by atoms with Crippen LogP contribution >= 0.6 is 11.3 Å². The van der Waals surface area contributed by atoms with Crippen LogP contribution in [-0.2, 0) is 10.0 Å². The lowest BCUT2D eigenvalue weighted by molar-refractivity contribution is 0.577. The molecule has 2 N–H and O–H groups in total. The molecule has 4 nitrogen and oxygen atoms in total. The fourth-order valence-corrected chi connectivity index (χ4v) is 3.63. The Morgan fingerprint density at radius 1 is 1.31 bits per heavy atom. The Labute approximate surface area is 101 Å². The predicted octanol–water partition coefficient (Wildman–Crippen LogP) is 1.33. The van der Waals surface area contributed by atoms with Crippen LogP contribution in [0, 0.1) is 6.92 Å². The first-order valence-electron chi connectivity index (χ1n) is 5.33. The largest absolute Gasteiger partial charge is 0.317 e. The van der Waals surface area contributed by atoms with Crippen molar-refractivity contribution in [3.05, 3.63) is 17.0 Å². The highest BCUT2D eigenvalue weighted by Crippen LogP contribution is 2.19. The van der Waals surface area contributed by atoms with Crippen molar-refractivity contribution in [3.8, 4) is 0 Å². The van der Waals surface area contributed by atoms with Crippen LogP contribution in [0.15, 0.2) is 16.3 Å². The maximum atomic E-state index is 11.8. The zero-order valence-corrected chi connectivity index (χ0v) is 11.2. The molecular formula is C10H18N2O2S2. The van der Waals surface area contributed by atoms with Crippen LogP contribution in [0.5, 0.6) is 0 Å². The fourth-order valence-electron chi connectivity index (χ4n) is 1.22. The normalized spacial score (nSPS) is 11.9. The summed E-state index contributed by atoms with van der Waals surface area (Å²) in [5.41, 5.74) is 0. The molecular weight excluding hydrogens is 244 g/mol. The summed E-state index contributed by atoms with van der Waals surface area (Å²) in [7, 11) is -3.29. The van der Waals surface area contributed by atoms with Crippen LogP contribution in [-0.4, -0.2) is 28.1 Å². The molecule has 16 heavy (non-hydrogen) atoms. The third-order valence-electron chi connectivity index (χ3n) is 2.05.